The molecule has 2 N–H and O–H groups in total. The van der Waals surface area contributed by atoms with Crippen molar-refractivity contribution in [1.29, 1.82) is 0 Å². The van der Waals surface area contributed by atoms with E-state index in [1.165, 1.54) is 0 Å². The van der Waals surface area contributed by atoms with E-state index < -0.39 is 28.6 Å². The van der Waals surface area contributed by atoms with E-state index in [2.05, 4.69) is 15.7 Å². The predicted molar refractivity (Wildman–Crippen MR) is 167 cm³/mol. The monoisotopic (exact) mass is 599 g/mol. The van der Waals surface area contributed by atoms with Gasteiger partial charge in [0.05, 0.1) is 29.1 Å². The lowest BCUT2D eigenvalue weighted by Gasteiger charge is -2.35. The molecule has 0 spiro atoms. The van der Waals surface area contributed by atoms with E-state index >= 15 is 0 Å². The van der Waals surface area contributed by atoms with Crippen LogP contribution in [0.2, 0.25) is 0 Å². The highest BCUT2D eigenvalue weighted by Crippen LogP contribution is 2.39. The molecule has 44 heavy (non-hydrogen) atoms. The molecule has 3 aromatic carbocycles. The second kappa shape index (κ2) is 10.3. The maximum atomic E-state index is 14.6. The third kappa shape index (κ3) is 4.89. The van der Waals surface area contributed by atoms with Crippen molar-refractivity contribution >= 4 is 39.9 Å². The van der Waals surface area contributed by atoms with Crippen LogP contribution in [0, 0.1) is 19.7 Å². The summed E-state index contributed by atoms with van der Waals surface area (Å²) in [6.45, 7) is 11.0. The van der Waals surface area contributed by atoms with Gasteiger partial charge in [0.15, 0.2) is 0 Å². The Hall–Kier alpha value is -5.00. The Morgan fingerprint density at radius 3 is 2.36 bits per heavy atom. The van der Waals surface area contributed by atoms with Crippen LogP contribution >= 0.6 is 0 Å². The summed E-state index contributed by atoms with van der Waals surface area (Å²) in [5, 5.41) is 16.3. The van der Waals surface area contributed by atoms with Crippen molar-refractivity contribution in [2.45, 2.75) is 59.6 Å². The van der Waals surface area contributed by atoms with Gasteiger partial charge in [-0.15, -0.1) is 0 Å². The number of hydrogen-bond donors (Lipinski definition) is 2. The van der Waals surface area contributed by atoms with Crippen LogP contribution < -0.4 is 21.5 Å². The van der Waals surface area contributed by atoms with Gasteiger partial charge in [-0.1, -0.05) is 0 Å². The molecule has 0 saturated carbocycles. The van der Waals surface area contributed by atoms with Gasteiger partial charge in [0, 0.05) is 36.7 Å². The third-order valence-electron chi connectivity index (χ3n) is 7.94. The highest BCUT2D eigenvalue weighted by Gasteiger charge is 2.37. The molecule has 11 nitrogen and oxygen atoms in total. The minimum absolute atomic E-state index is 0.0716. The number of rotatable bonds is 5. The fraction of sp³-hybridized carbons (Fsp3) is 0.344. The van der Waals surface area contributed by atoms with Crippen molar-refractivity contribution < 1.29 is 13.9 Å². The quantitative estimate of drug-likeness (QED) is 0.256. The van der Waals surface area contributed by atoms with Crippen molar-refractivity contribution in [3.63, 3.8) is 0 Å². The summed E-state index contributed by atoms with van der Waals surface area (Å²) < 4.78 is 23.6. The van der Waals surface area contributed by atoms with Crippen LogP contribution in [0.1, 0.15) is 56.1 Å². The third-order valence-corrected chi connectivity index (χ3v) is 7.94. The molecule has 0 bridgehead atoms. The molecule has 0 unspecified atom stereocenters. The minimum Gasteiger partial charge on any atom is -0.444 e. The van der Waals surface area contributed by atoms with Crippen molar-refractivity contribution in [2.75, 3.05) is 17.2 Å². The number of aryl methyl sites for hydroxylation is 3. The van der Waals surface area contributed by atoms with E-state index in [0.717, 1.165) is 16.6 Å². The lowest BCUT2D eigenvalue weighted by atomic mass is 9.99. The van der Waals surface area contributed by atoms with Crippen LogP contribution in [0.15, 0.2) is 46.1 Å². The maximum absolute atomic E-state index is 14.6. The number of benzene rings is 2. The molecule has 3 heterocycles. The predicted octanol–water partition coefficient (Wildman–Crippen LogP) is 5.45. The smallest absolute Gasteiger partial charge is 0.410 e. The van der Waals surface area contributed by atoms with Gasteiger partial charge in [0.1, 0.15) is 28.6 Å². The highest BCUT2D eigenvalue weighted by molar-refractivity contribution is 5.87. The number of ether oxygens (including phenoxy) is 1. The zero-order chi connectivity index (χ0) is 31.7. The number of carbonyl (C=O) groups is 1. The van der Waals surface area contributed by atoms with Gasteiger partial charge < -0.3 is 20.3 Å². The molecular formula is C32H34FN7O4. The number of hydrogen-bond acceptors (Lipinski definition) is 8. The molecule has 12 heteroatoms. The van der Waals surface area contributed by atoms with Crippen molar-refractivity contribution in [2.24, 2.45) is 7.05 Å². The standard InChI is InChI=1S/C32H34FN7O4/c1-16-12-21(13-17(2)25(16)33)40-30(24-18(3)39(11-10-22(24)37-40)31(43)44-32(4,5)6)36-27-26(28(41)29(27)42)35-20-8-9-23-19(14-20)15-34-38(23)7/h8-9,12-15,18,35-36H,10-11H2,1-7H3/t18-/m0/s1. The zero-order valence-electron chi connectivity index (χ0n) is 25.7. The van der Waals surface area contributed by atoms with Gasteiger partial charge in [0.25, 0.3) is 10.9 Å². The summed E-state index contributed by atoms with van der Waals surface area (Å²) in [5.74, 6) is 0.0909. The first-order valence-electron chi connectivity index (χ1n) is 14.4. The second-order valence-electron chi connectivity index (χ2n) is 12.3. The molecule has 1 aliphatic heterocycles. The molecule has 0 radical (unpaired) electrons. The van der Waals surface area contributed by atoms with Crippen molar-refractivity contribution in [1.82, 2.24) is 24.5 Å². The molecule has 1 aliphatic rings. The number of nitrogens with one attached hydrogen (secondary N) is 2. The molecule has 1 atom stereocenters. The molecule has 0 saturated heterocycles. The van der Waals surface area contributed by atoms with E-state index in [4.69, 9.17) is 9.84 Å². The topological polar surface area (TPSA) is 123 Å². The number of anilines is 4. The Bertz CT molecular complexity index is 2000. The van der Waals surface area contributed by atoms with Crippen molar-refractivity contribution in [3.8, 4) is 5.69 Å². The highest BCUT2D eigenvalue weighted by atomic mass is 19.1. The first-order valence-corrected chi connectivity index (χ1v) is 14.4. The van der Waals surface area contributed by atoms with E-state index in [1.807, 2.05) is 32.2 Å². The lowest BCUT2D eigenvalue weighted by Crippen LogP contribution is -2.42. The average Bonchev–Trinajstić information content (AvgIpc) is 3.52. The summed E-state index contributed by atoms with van der Waals surface area (Å²) in [6.07, 6.45) is 1.68. The number of halogens is 1. The van der Waals surface area contributed by atoms with Gasteiger partial charge in [-0.05, 0) is 83.0 Å². The number of nitrogens with zero attached hydrogens (tertiary/aromatic N) is 5. The summed E-state index contributed by atoms with van der Waals surface area (Å²) >= 11 is 0. The minimum atomic E-state index is -0.686. The molecular weight excluding hydrogens is 565 g/mol. The largest absolute Gasteiger partial charge is 0.444 e. The average molecular weight is 600 g/mol. The molecule has 228 valence electrons. The van der Waals surface area contributed by atoms with E-state index in [0.29, 0.717) is 46.8 Å². The van der Waals surface area contributed by atoms with Gasteiger partial charge in [-0.25, -0.2) is 13.9 Å². The lowest BCUT2D eigenvalue weighted by molar-refractivity contribution is 0.0160. The first-order chi connectivity index (χ1) is 20.7. The Kier molecular flexibility index (Phi) is 6.82. The van der Waals surface area contributed by atoms with Gasteiger partial charge in [-0.2, -0.15) is 10.2 Å². The zero-order valence-corrected chi connectivity index (χ0v) is 25.7. The summed E-state index contributed by atoms with van der Waals surface area (Å²) in [5.41, 5.74) is 2.53. The van der Waals surface area contributed by atoms with Crippen molar-refractivity contribution in [3.05, 3.63) is 85.2 Å². The normalized spacial score (nSPS) is 15.1. The molecule has 5 aromatic rings. The first kappa shape index (κ1) is 29.1. The Labute approximate surface area is 252 Å². The summed E-state index contributed by atoms with van der Waals surface area (Å²) in [4.78, 5) is 40.6. The van der Waals surface area contributed by atoms with Crippen LogP contribution in [0.4, 0.5) is 32.1 Å². The molecule has 0 aliphatic carbocycles. The number of aromatic nitrogens is 4. The summed E-state index contributed by atoms with van der Waals surface area (Å²) in [7, 11) is 1.84. The van der Waals surface area contributed by atoms with Crippen LogP contribution in [0.5, 0.6) is 0 Å². The van der Waals surface area contributed by atoms with Gasteiger partial charge in [-0.3, -0.25) is 14.3 Å². The number of carbonyl (C=O) groups excluding carboxylic acids is 1. The molecule has 1 amide bonds. The second-order valence-corrected chi connectivity index (χ2v) is 12.3. The van der Waals surface area contributed by atoms with Crippen LogP contribution in [-0.4, -0.2) is 42.7 Å². The molecule has 0 fully saturated rings. The van der Waals surface area contributed by atoms with Crippen LogP contribution in [-0.2, 0) is 18.2 Å². The Balaban J connectivity index is 1.44. The molecule has 6 rings (SSSR count). The van der Waals surface area contributed by atoms with E-state index in [9.17, 15) is 18.8 Å². The number of fused-ring (bicyclic) bond motifs is 2. The van der Waals surface area contributed by atoms with Gasteiger partial charge in [0.2, 0.25) is 0 Å². The SMILES string of the molecule is Cc1cc(-n2nc3c(c2Nc2c(Nc4ccc5c(cnn5C)c4)c(=O)c2=O)[C@H](C)N(C(=O)OC(C)(C)C)CC3)cc(C)c1F. The van der Waals surface area contributed by atoms with E-state index in [-0.39, 0.29) is 17.2 Å². The van der Waals surface area contributed by atoms with E-state index in [1.54, 1.807) is 67.2 Å². The fourth-order valence-corrected chi connectivity index (χ4v) is 5.73. The number of amides is 1. The Morgan fingerprint density at radius 2 is 1.70 bits per heavy atom. The van der Waals surface area contributed by atoms with Gasteiger partial charge >= 0.3 is 6.09 Å². The molecule has 2 aromatic heterocycles. The Morgan fingerprint density at radius 1 is 1.05 bits per heavy atom. The van der Waals surface area contributed by atoms with Crippen LogP contribution in [0.3, 0.4) is 0 Å². The fourth-order valence-electron chi connectivity index (χ4n) is 5.73. The van der Waals surface area contributed by atoms with Crippen LogP contribution in [0.25, 0.3) is 16.6 Å². The summed E-state index contributed by atoms with van der Waals surface area (Å²) in [6, 6.07) is 8.39. The maximum Gasteiger partial charge on any atom is 0.410 e.